The Morgan fingerprint density at radius 2 is 2.10 bits per heavy atom. The van der Waals surface area contributed by atoms with Crippen molar-refractivity contribution >= 4 is 17.1 Å². The first kappa shape index (κ1) is 20.4. The fraction of sp³-hybridized carbons (Fsp3) is 0.417. The first-order valence-corrected chi connectivity index (χ1v) is 10.4. The normalized spacial score (nSPS) is 13.9. The molecule has 158 valence electrons. The van der Waals surface area contributed by atoms with Crippen LogP contribution in [0.2, 0.25) is 0 Å². The number of carbonyl (C=O) groups excluding carboxylic acids is 1. The second-order valence-electron chi connectivity index (χ2n) is 9.16. The zero-order chi connectivity index (χ0) is 21.3. The van der Waals surface area contributed by atoms with Gasteiger partial charge in [-0.15, -0.1) is 0 Å². The predicted octanol–water partition coefficient (Wildman–Crippen LogP) is 4.88. The van der Waals surface area contributed by atoms with Crippen molar-refractivity contribution in [2.45, 2.75) is 47.3 Å². The predicted molar refractivity (Wildman–Crippen MR) is 117 cm³/mol. The summed E-state index contributed by atoms with van der Waals surface area (Å²) in [4.78, 5) is 19.9. The second-order valence-corrected chi connectivity index (χ2v) is 9.16. The number of hydrogen-bond donors (Lipinski definition) is 2. The van der Waals surface area contributed by atoms with Crippen LogP contribution in [0.5, 0.6) is 0 Å². The maximum atomic E-state index is 12.2. The zero-order valence-corrected chi connectivity index (χ0v) is 18.1. The van der Waals surface area contributed by atoms with Crippen molar-refractivity contribution < 1.29 is 14.3 Å². The lowest BCUT2D eigenvalue weighted by molar-refractivity contribution is 0.104. The Labute approximate surface area is 177 Å². The highest BCUT2D eigenvalue weighted by molar-refractivity contribution is 5.84. The molecule has 0 bridgehead atoms. The molecule has 0 fully saturated rings. The molecule has 6 nitrogen and oxygen atoms in total. The Balaban J connectivity index is 1.61. The molecule has 0 saturated heterocycles. The van der Waals surface area contributed by atoms with Crippen molar-refractivity contribution in [2.24, 2.45) is 5.41 Å². The van der Waals surface area contributed by atoms with Gasteiger partial charge in [-0.1, -0.05) is 26.8 Å². The first-order chi connectivity index (χ1) is 14.3. The topological polar surface area (TPSA) is 76.2 Å². The molecule has 2 aromatic heterocycles. The maximum absolute atomic E-state index is 12.2. The molecule has 4 rings (SSSR count). The summed E-state index contributed by atoms with van der Waals surface area (Å²) in [5.41, 5.74) is 7.66. The molecule has 1 amide bonds. The van der Waals surface area contributed by atoms with E-state index in [1.54, 1.807) is 0 Å². The largest absolute Gasteiger partial charge is 0.449 e. The van der Waals surface area contributed by atoms with Gasteiger partial charge in [0, 0.05) is 29.9 Å². The number of ether oxygens (including phenoxy) is 2. The Hall–Kier alpha value is -2.86. The van der Waals surface area contributed by atoms with Crippen LogP contribution in [0.4, 0.5) is 4.79 Å². The first-order valence-electron chi connectivity index (χ1n) is 10.4. The number of benzene rings is 1. The summed E-state index contributed by atoms with van der Waals surface area (Å²) >= 11 is 0. The molecule has 0 saturated carbocycles. The highest BCUT2D eigenvalue weighted by Crippen LogP contribution is 2.30. The van der Waals surface area contributed by atoms with Crippen LogP contribution in [-0.2, 0) is 29.0 Å². The third-order valence-electron chi connectivity index (χ3n) is 5.33. The minimum absolute atomic E-state index is 0.0632. The number of fused-ring (bicyclic) bond motifs is 2. The number of nitrogens with zero attached hydrogens (tertiary/aromatic N) is 1. The molecule has 0 unspecified atom stereocenters. The highest BCUT2D eigenvalue weighted by Gasteiger charge is 2.18. The van der Waals surface area contributed by atoms with Gasteiger partial charge >= 0.3 is 6.09 Å². The van der Waals surface area contributed by atoms with E-state index in [2.05, 4.69) is 40.4 Å². The van der Waals surface area contributed by atoms with Gasteiger partial charge in [0.15, 0.2) is 0 Å². The van der Waals surface area contributed by atoms with E-state index in [-0.39, 0.29) is 5.41 Å². The number of carbonyl (C=O) groups is 1. The molecule has 3 heterocycles. The van der Waals surface area contributed by atoms with E-state index in [9.17, 15) is 4.79 Å². The second kappa shape index (κ2) is 8.11. The molecule has 30 heavy (non-hydrogen) atoms. The molecular formula is C24H29N3O3. The summed E-state index contributed by atoms with van der Waals surface area (Å²) < 4.78 is 11.0. The highest BCUT2D eigenvalue weighted by atomic mass is 16.5. The zero-order valence-electron chi connectivity index (χ0n) is 18.1. The number of H-pyrrole nitrogens is 1. The van der Waals surface area contributed by atoms with Crippen LogP contribution in [0.1, 0.15) is 43.0 Å². The van der Waals surface area contributed by atoms with E-state index in [1.807, 2.05) is 33.2 Å². The number of nitrogens with one attached hydrogen (secondary N) is 2. The number of amides is 1. The minimum Gasteiger partial charge on any atom is -0.449 e. The van der Waals surface area contributed by atoms with E-state index in [4.69, 9.17) is 9.47 Å². The Kier molecular flexibility index (Phi) is 5.52. The quantitative estimate of drug-likeness (QED) is 0.646. The Bertz CT molecular complexity index is 1080. The smallest absolute Gasteiger partial charge is 0.407 e. The van der Waals surface area contributed by atoms with Crippen molar-refractivity contribution in [3.63, 3.8) is 0 Å². The SMILES string of the molecule is Cc1c[nH]c2ncc(-c3cc4c(c(CNC(=O)OCC(C)(C)C)c3)COCC4)cc12. The molecule has 0 atom stereocenters. The van der Waals surface area contributed by atoms with E-state index in [0.717, 1.165) is 39.7 Å². The fourth-order valence-corrected chi connectivity index (χ4v) is 3.68. The van der Waals surface area contributed by atoms with Gasteiger partial charge in [0.05, 0.1) is 19.8 Å². The van der Waals surface area contributed by atoms with E-state index < -0.39 is 6.09 Å². The third-order valence-corrected chi connectivity index (χ3v) is 5.33. The maximum Gasteiger partial charge on any atom is 0.407 e. The van der Waals surface area contributed by atoms with Crippen LogP contribution in [0.25, 0.3) is 22.2 Å². The Morgan fingerprint density at radius 3 is 2.90 bits per heavy atom. The van der Waals surface area contributed by atoms with E-state index >= 15 is 0 Å². The number of aryl methyl sites for hydroxylation is 1. The summed E-state index contributed by atoms with van der Waals surface area (Å²) in [6.07, 6.45) is 4.34. The van der Waals surface area contributed by atoms with Gasteiger partial charge in [-0.3, -0.25) is 0 Å². The van der Waals surface area contributed by atoms with E-state index in [1.165, 1.54) is 11.1 Å². The van der Waals surface area contributed by atoms with Gasteiger partial charge in [0.2, 0.25) is 0 Å². The van der Waals surface area contributed by atoms with Gasteiger partial charge < -0.3 is 19.8 Å². The van der Waals surface area contributed by atoms with Gasteiger partial charge in [-0.25, -0.2) is 9.78 Å². The number of alkyl carbamates (subject to hydrolysis) is 1. The number of aromatic nitrogens is 2. The van der Waals surface area contributed by atoms with Crippen LogP contribution in [0.3, 0.4) is 0 Å². The summed E-state index contributed by atoms with van der Waals surface area (Å²) in [7, 11) is 0. The molecular weight excluding hydrogens is 378 g/mol. The standard InChI is InChI=1S/C24H29N3O3/c1-15-10-25-22-20(15)9-18(11-26-22)17-7-16-5-6-29-13-21(16)19(8-17)12-27-23(28)30-14-24(2,3)4/h7-11H,5-6,12-14H2,1-4H3,(H,25,26)(H,27,28). The summed E-state index contributed by atoms with van der Waals surface area (Å²) in [6.45, 7) is 10.2. The summed E-state index contributed by atoms with van der Waals surface area (Å²) in [5, 5.41) is 4.02. The molecule has 1 aliphatic rings. The summed E-state index contributed by atoms with van der Waals surface area (Å²) in [5.74, 6) is 0. The fourth-order valence-electron chi connectivity index (χ4n) is 3.68. The lowest BCUT2D eigenvalue weighted by atomic mass is 9.92. The Morgan fingerprint density at radius 1 is 1.27 bits per heavy atom. The molecule has 0 aliphatic carbocycles. The van der Waals surface area contributed by atoms with Crippen LogP contribution in [0, 0.1) is 12.3 Å². The van der Waals surface area contributed by atoms with Gasteiger partial charge in [0.1, 0.15) is 5.65 Å². The average Bonchev–Trinajstić information content (AvgIpc) is 3.10. The van der Waals surface area contributed by atoms with Crippen LogP contribution < -0.4 is 5.32 Å². The van der Waals surface area contributed by atoms with Crippen molar-refractivity contribution in [1.82, 2.24) is 15.3 Å². The minimum atomic E-state index is -0.396. The molecule has 1 aliphatic heterocycles. The van der Waals surface area contributed by atoms with Crippen LogP contribution >= 0.6 is 0 Å². The molecule has 0 spiro atoms. The summed E-state index contributed by atoms with van der Waals surface area (Å²) in [6, 6.07) is 6.52. The molecule has 1 aromatic carbocycles. The van der Waals surface area contributed by atoms with Crippen molar-refractivity contribution in [3.8, 4) is 11.1 Å². The number of pyridine rings is 1. The monoisotopic (exact) mass is 407 g/mol. The lowest BCUT2D eigenvalue weighted by Gasteiger charge is -2.22. The molecule has 2 N–H and O–H groups in total. The van der Waals surface area contributed by atoms with Gasteiger partial charge in [-0.05, 0) is 58.7 Å². The van der Waals surface area contributed by atoms with Crippen LogP contribution in [-0.4, -0.2) is 29.3 Å². The lowest BCUT2D eigenvalue weighted by Crippen LogP contribution is -2.28. The van der Waals surface area contributed by atoms with Gasteiger partial charge in [-0.2, -0.15) is 0 Å². The van der Waals surface area contributed by atoms with Crippen molar-refractivity contribution in [2.75, 3.05) is 13.2 Å². The number of rotatable bonds is 4. The van der Waals surface area contributed by atoms with E-state index in [0.29, 0.717) is 26.4 Å². The average molecular weight is 408 g/mol. The number of hydrogen-bond acceptors (Lipinski definition) is 4. The van der Waals surface area contributed by atoms with Gasteiger partial charge in [0.25, 0.3) is 0 Å². The number of aromatic amines is 1. The molecule has 0 radical (unpaired) electrons. The van der Waals surface area contributed by atoms with Crippen LogP contribution in [0.15, 0.2) is 30.6 Å². The third kappa shape index (κ3) is 4.49. The molecule has 3 aromatic rings. The van der Waals surface area contributed by atoms with Crippen molar-refractivity contribution in [1.29, 1.82) is 0 Å². The van der Waals surface area contributed by atoms with Crippen molar-refractivity contribution in [3.05, 3.63) is 52.8 Å². The molecule has 6 heteroatoms.